The molecule has 0 aromatic heterocycles. The molecule has 23 heavy (non-hydrogen) atoms. The van der Waals surface area contributed by atoms with Crippen LogP contribution >= 0.6 is 0 Å². The molecule has 0 heterocycles. The van der Waals surface area contributed by atoms with Gasteiger partial charge in [0.25, 0.3) is 5.91 Å². The number of aryl methyl sites for hydroxylation is 1. The predicted octanol–water partition coefficient (Wildman–Crippen LogP) is 2.98. The van der Waals surface area contributed by atoms with E-state index in [1.807, 2.05) is 24.3 Å². The maximum absolute atomic E-state index is 12.2. The van der Waals surface area contributed by atoms with Crippen LogP contribution in [0.25, 0.3) is 0 Å². The molecule has 1 N–H and O–H groups in total. The Bertz CT molecular complexity index is 626. The first-order chi connectivity index (χ1) is 11.2. The fraction of sp³-hybridized carbons (Fsp3) is 0.263. The summed E-state index contributed by atoms with van der Waals surface area (Å²) in [6.07, 6.45) is 2.19. The molecular formula is C19H21NO3. The zero-order valence-electron chi connectivity index (χ0n) is 13.2. The largest absolute Gasteiger partial charge is 0.467 e. The van der Waals surface area contributed by atoms with Crippen LogP contribution in [-0.4, -0.2) is 25.0 Å². The van der Waals surface area contributed by atoms with Gasteiger partial charge in [-0.05, 0) is 37.0 Å². The first-order valence-corrected chi connectivity index (χ1v) is 7.68. The van der Waals surface area contributed by atoms with Crippen molar-refractivity contribution in [3.63, 3.8) is 0 Å². The van der Waals surface area contributed by atoms with Crippen LogP contribution in [0.4, 0.5) is 0 Å². The number of rotatable bonds is 7. The first-order valence-electron chi connectivity index (χ1n) is 7.68. The average Bonchev–Trinajstić information content (AvgIpc) is 2.61. The number of esters is 1. The lowest BCUT2D eigenvalue weighted by Crippen LogP contribution is -2.41. The van der Waals surface area contributed by atoms with E-state index in [0.29, 0.717) is 12.0 Å². The fourth-order valence-corrected chi connectivity index (χ4v) is 2.38. The van der Waals surface area contributed by atoms with Crippen LogP contribution in [0.2, 0.25) is 0 Å². The molecule has 4 heteroatoms. The van der Waals surface area contributed by atoms with Crippen molar-refractivity contribution in [1.29, 1.82) is 0 Å². The molecule has 2 aromatic rings. The summed E-state index contributed by atoms with van der Waals surface area (Å²) in [6, 6.07) is 18.3. The summed E-state index contributed by atoms with van der Waals surface area (Å²) in [5.41, 5.74) is 1.75. The molecule has 4 nitrogen and oxygen atoms in total. The molecule has 0 bridgehead atoms. The number of amides is 1. The smallest absolute Gasteiger partial charge is 0.328 e. The van der Waals surface area contributed by atoms with E-state index in [1.54, 1.807) is 24.3 Å². The molecule has 0 radical (unpaired) electrons. The summed E-state index contributed by atoms with van der Waals surface area (Å²) in [7, 11) is 1.33. The Labute approximate surface area is 136 Å². The minimum Gasteiger partial charge on any atom is -0.467 e. The second-order valence-electron chi connectivity index (χ2n) is 5.29. The van der Waals surface area contributed by atoms with Crippen molar-refractivity contribution in [3.8, 4) is 0 Å². The lowest BCUT2D eigenvalue weighted by atomic mass is 10.0. The van der Waals surface area contributed by atoms with E-state index < -0.39 is 12.0 Å². The molecule has 1 amide bonds. The zero-order chi connectivity index (χ0) is 16.5. The molecule has 0 saturated carbocycles. The van der Waals surface area contributed by atoms with Gasteiger partial charge in [0.1, 0.15) is 6.04 Å². The van der Waals surface area contributed by atoms with E-state index >= 15 is 0 Å². The van der Waals surface area contributed by atoms with Crippen molar-refractivity contribution < 1.29 is 14.3 Å². The minimum atomic E-state index is -0.628. The maximum atomic E-state index is 12.2. The number of hydrogen-bond donors (Lipinski definition) is 1. The van der Waals surface area contributed by atoms with E-state index in [4.69, 9.17) is 4.74 Å². The van der Waals surface area contributed by atoms with Crippen molar-refractivity contribution in [2.24, 2.45) is 0 Å². The normalized spacial score (nSPS) is 11.5. The van der Waals surface area contributed by atoms with E-state index in [2.05, 4.69) is 17.4 Å². The first kappa shape index (κ1) is 16.7. The average molecular weight is 311 g/mol. The molecule has 0 spiro atoms. The summed E-state index contributed by atoms with van der Waals surface area (Å²) in [6.45, 7) is 0. The van der Waals surface area contributed by atoms with Gasteiger partial charge in [-0.3, -0.25) is 4.79 Å². The van der Waals surface area contributed by atoms with Crippen LogP contribution in [0.1, 0.15) is 28.8 Å². The second kappa shape index (κ2) is 8.73. The number of hydrogen-bond acceptors (Lipinski definition) is 3. The van der Waals surface area contributed by atoms with Crippen LogP contribution in [0.5, 0.6) is 0 Å². The Hall–Kier alpha value is -2.62. The van der Waals surface area contributed by atoms with Gasteiger partial charge in [0, 0.05) is 5.56 Å². The number of nitrogens with one attached hydrogen (secondary N) is 1. The molecular weight excluding hydrogens is 290 g/mol. The summed E-state index contributed by atoms with van der Waals surface area (Å²) in [5, 5.41) is 2.76. The third kappa shape index (κ3) is 5.25. The van der Waals surface area contributed by atoms with Crippen molar-refractivity contribution in [1.82, 2.24) is 5.32 Å². The SMILES string of the molecule is COC(=O)[C@H](CCCc1ccccc1)NC(=O)c1ccccc1. The van der Waals surface area contributed by atoms with Crippen molar-refractivity contribution in [2.45, 2.75) is 25.3 Å². The molecule has 0 saturated heterocycles. The number of ether oxygens (including phenoxy) is 1. The highest BCUT2D eigenvalue weighted by Gasteiger charge is 2.21. The second-order valence-corrected chi connectivity index (χ2v) is 5.29. The van der Waals surface area contributed by atoms with Gasteiger partial charge in [-0.25, -0.2) is 4.79 Å². The lowest BCUT2D eigenvalue weighted by molar-refractivity contribution is -0.143. The molecule has 2 rings (SSSR count). The van der Waals surface area contributed by atoms with E-state index in [0.717, 1.165) is 12.8 Å². The van der Waals surface area contributed by atoms with Gasteiger partial charge in [0.15, 0.2) is 0 Å². The molecule has 1 atom stereocenters. The van der Waals surface area contributed by atoms with Crippen molar-refractivity contribution in [2.75, 3.05) is 7.11 Å². The third-order valence-corrected chi connectivity index (χ3v) is 3.63. The van der Waals surface area contributed by atoms with Crippen LogP contribution in [0.15, 0.2) is 60.7 Å². The van der Waals surface area contributed by atoms with Gasteiger partial charge < -0.3 is 10.1 Å². The molecule has 2 aromatic carbocycles. The standard InChI is InChI=1S/C19H21NO3/c1-23-19(22)17(14-8-11-15-9-4-2-5-10-15)20-18(21)16-12-6-3-7-13-16/h2-7,9-10,12-13,17H,8,11,14H2,1H3,(H,20,21)/t17-/m0/s1. The minimum absolute atomic E-state index is 0.263. The zero-order valence-corrected chi connectivity index (χ0v) is 13.2. The molecule has 0 aliphatic carbocycles. The molecule has 0 unspecified atom stereocenters. The van der Waals surface area contributed by atoms with Crippen LogP contribution in [0.3, 0.4) is 0 Å². The third-order valence-electron chi connectivity index (χ3n) is 3.63. The highest BCUT2D eigenvalue weighted by Crippen LogP contribution is 2.09. The molecule has 120 valence electrons. The lowest BCUT2D eigenvalue weighted by Gasteiger charge is -2.16. The number of carbonyl (C=O) groups is 2. The fourth-order valence-electron chi connectivity index (χ4n) is 2.38. The van der Waals surface area contributed by atoms with E-state index in [9.17, 15) is 9.59 Å². The van der Waals surface area contributed by atoms with E-state index in [-0.39, 0.29) is 5.91 Å². The molecule has 0 aliphatic rings. The summed E-state index contributed by atoms with van der Waals surface area (Å²) >= 11 is 0. The topological polar surface area (TPSA) is 55.4 Å². The highest BCUT2D eigenvalue weighted by atomic mass is 16.5. The highest BCUT2D eigenvalue weighted by molar-refractivity contribution is 5.96. The van der Waals surface area contributed by atoms with Crippen LogP contribution < -0.4 is 5.32 Å². The van der Waals surface area contributed by atoms with Crippen LogP contribution in [0, 0.1) is 0 Å². The van der Waals surface area contributed by atoms with Crippen molar-refractivity contribution in [3.05, 3.63) is 71.8 Å². The Morgan fingerprint density at radius 2 is 1.61 bits per heavy atom. The molecule has 0 aliphatic heterocycles. The van der Waals surface area contributed by atoms with Gasteiger partial charge >= 0.3 is 5.97 Å². The summed E-state index contributed by atoms with van der Waals surface area (Å²) in [5.74, 6) is -0.678. The van der Waals surface area contributed by atoms with Gasteiger partial charge in [0.05, 0.1) is 7.11 Å². The van der Waals surface area contributed by atoms with Gasteiger partial charge in [-0.15, -0.1) is 0 Å². The number of methoxy groups -OCH3 is 1. The number of benzene rings is 2. The van der Waals surface area contributed by atoms with E-state index in [1.165, 1.54) is 12.7 Å². The quantitative estimate of drug-likeness (QED) is 0.800. The Morgan fingerprint density at radius 1 is 1.00 bits per heavy atom. The summed E-state index contributed by atoms with van der Waals surface area (Å²) in [4.78, 5) is 24.1. The molecule has 0 fully saturated rings. The Kier molecular flexibility index (Phi) is 6.36. The Morgan fingerprint density at radius 3 is 2.22 bits per heavy atom. The van der Waals surface area contributed by atoms with Gasteiger partial charge in [0.2, 0.25) is 0 Å². The number of carbonyl (C=O) groups excluding carboxylic acids is 2. The van der Waals surface area contributed by atoms with Gasteiger partial charge in [-0.2, -0.15) is 0 Å². The maximum Gasteiger partial charge on any atom is 0.328 e. The predicted molar refractivity (Wildman–Crippen MR) is 89.1 cm³/mol. The summed E-state index contributed by atoms with van der Waals surface area (Å²) < 4.78 is 4.80. The monoisotopic (exact) mass is 311 g/mol. The van der Waals surface area contributed by atoms with Crippen LogP contribution in [-0.2, 0) is 16.0 Å². The van der Waals surface area contributed by atoms with Crippen molar-refractivity contribution >= 4 is 11.9 Å². The Balaban J connectivity index is 1.92. The van der Waals surface area contributed by atoms with Gasteiger partial charge in [-0.1, -0.05) is 48.5 Å².